The van der Waals surface area contributed by atoms with Crippen LogP contribution >= 0.6 is 15.9 Å². The lowest BCUT2D eigenvalue weighted by atomic mass is 10.2. The monoisotopic (exact) mass is 338 g/mol. The van der Waals surface area contributed by atoms with Gasteiger partial charge in [0.05, 0.1) is 24.8 Å². The molecule has 2 aromatic rings. The molecule has 0 saturated heterocycles. The Morgan fingerprint density at radius 1 is 1.40 bits per heavy atom. The normalized spacial score (nSPS) is 10.1. The molecule has 0 unspecified atom stereocenters. The first-order valence-corrected chi connectivity index (χ1v) is 6.46. The van der Waals surface area contributed by atoms with Crippen molar-refractivity contribution in [2.24, 2.45) is 0 Å². The summed E-state index contributed by atoms with van der Waals surface area (Å²) in [6.07, 6.45) is 1.50. The fourth-order valence-corrected chi connectivity index (χ4v) is 1.98. The molecule has 104 valence electrons. The highest BCUT2D eigenvalue weighted by atomic mass is 79.9. The van der Waals surface area contributed by atoms with Crippen LogP contribution in [0.15, 0.2) is 39.5 Å². The van der Waals surface area contributed by atoms with Gasteiger partial charge in [-0.15, -0.1) is 0 Å². The highest BCUT2D eigenvalue weighted by Crippen LogP contribution is 2.22. The largest absolute Gasteiger partial charge is 0.465 e. The van der Waals surface area contributed by atoms with Gasteiger partial charge in [0.25, 0.3) is 0 Å². The molecule has 0 spiro atoms. The third-order valence-electron chi connectivity index (χ3n) is 2.49. The van der Waals surface area contributed by atoms with Crippen LogP contribution in [-0.4, -0.2) is 24.1 Å². The lowest BCUT2D eigenvalue weighted by Gasteiger charge is -2.07. The van der Waals surface area contributed by atoms with E-state index in [0.29, 0.717) is 21.4 Å². The lowest BCUT2D eigenvalue weighted by molar-refractivity contribution is -0.115. The molecule has 7 heteroatoms. The summed E-state index contributed by atoms with van der Waals surface area (Å²) in [6, 6.07) is 6.49. The van der Waals surface area contributed by atoms with Gasteiger partial charge in [0.2, 0.25) is 5.91 Å². The minimum atomic E-state index is -0.482. The molecular weight excluding hydrogens is 328 g/mol. The molecule has 1 amide bonds. The van der Waals surface area contributed by atoms with E-state index in [9.17, 15) is 9.59 Å². The van der Waals surface area contributed by atoms with Crippen LogP contribution < -0.4 is 5.32 Å². The minimum Gasteiger partial charge on any atom is -0.465 e. The Morgan fingerprint density at radius 3 is 2.85 bits per heavy atom. The van der Waals surface area contributed by atoms with Crippen molar-refractivity contribution in [2.45, 2.75) is 6.42 Å². The molecule has 6 nitrogen and oxygen atoms in total. The molecule has 0 aliphatic carbocycles. The number of ether oxygens (including phenoxy) is 1. The highest BCUT2D eigenvalue weighted by Gasteiger charge is 2.12. The average Bonchev–Trinajstić information content (AvgIpc) is 2.92. The van der Waals surface area contributed by atoms with Gasteiger partial charge >= 0.3 is 5.97 Å². The molecule has 1 N–H and O–H groups in total. The maximum Gasteiger partial charge on any atom is 0.339 e. The van der Waals surface area contributed by atoms with Crippen LogP contribution in [0.3, 0.4) is 0 Å². The van der Waals surface area contributed by atoms with E-state index in [2.05, 4.69) is 35.7 Å². The van der Waals surface area contributed by atoms with Gasteiger partial charge in [0.1, 0.15) is 6.26 Å². The number of carbonyl (C=O) groups excluding carboxylic acids is 2. The molecule has 0 aliphatic rings. The van der Waals surface area contributed by atoms with Gasteiger partial charge in [-0.25, -0.2) is 4.79 Å². The molecule has 0 saturated carbocycles. The molecule has 0 fully saturated rings. The Morgan fingerprint density at radius 2 is 2.20 bits per heavy atom. The van der Waals surface area contributed by atoms with Crippen LogP contribution in [0, 0.1) is 0 Å². The molecule has 0 radical (unpaired) electrons. The first-order chi connectivity index (χ1) is 9.60. The maximum atomic E-state index is 11.8. The Hall–Kier alpha value is -2.15. The first-order valence-electron chi connectivity index (χ1n) is 5.67. The summed E-state index contributed by atoms with van der Waals surface area (Å²) in [5.74, 6) is -0.735. The number of carbonyl (C=O) groups is 2. The van der Waals surface area contributed by atoms with E-state index in [1.54, 1.807) is 18.2 Å². The van der Waals surface area contributed by atoms with Crippen LogP contribution in [-0.2, 0) is 16.0 Å². The quantitative estimate of drug-likeness (QED) is 0.865. The van der Waals surface area contributed by atoms with Crippen molar-refractivity contribution in [2.75, 3.05) is 12.4 Å². The average molecular weight is 339 g/mol. The van der Waals surface area contributed by atoms with Crippen LogP contribution in [0.2, 0.25) is 0 Å². The van der Waals surface area contributed by atoms with E-state index < -0.39 is 5.97 Å². The number of benzene rings is 1. The predicted molar refractivity (Wildman–Crippen MR) is 74.3 cm³/mol. The number of anilines is 1. The number of rotatable bonds is 4. The summed E-state index contributed by atoms with van der Waals surface area (Å²) in [5, 5.41) is 6.33. The van der Waals surface area contributed by atoms with Crippen LogP contribution in [0.25, 0.3) is 0 Å². The second-order valence-corrected chi connectivity index (χ2v) is 4.76. The number of halogens is 1. The fraction of sp³-hybridized carbons (Fsp3) is 0.154. The number of aromatic nitrogens is 1. The lowest BCUT2D eigenvalue weighted by Crippen LogP contribution is -2.15. The Bertz CT molecular complexity index is 625. The van der Waals surface area contributed by atoms with Crippen LogP contribution in [0.1, 0.15) is 16.1 Å². The third kappa shape index (κ3) is 3.45. The van der Waals surface area contributed by atoms with Gasteiger partial charge in [0, 0.05) is 16.2 Å². The van der Waals surface area contributed by atoms with E-state index >= 15 is 0 Å². The number of esters is 1. The summed E-state index contributed by atoms with van der Waals surface area (Å²) in [4.78, 5) is 23.3. The molecule has 20 heavy (non-hydrogen) atoms. The fourth-order valence-electron chi connectivity index (χ4n) is 1.57. The van der Waals surface area contributed by atoms with E-state index in [1.165, 1.54) is 19.4 Å². The van der Waals surface area contributed by atoms with Crippen molar-refractivity contribution in [3.8, 4) is 0 Å². The van der Waals surface area contributed by atoms with Crippen molar-refractivity contribution >= 4 is 33.5 Å². The number of nitrogens with zero attached hydrogens (tertiary/aromatic N) is 1. The van der Waals surface area contributed by atoms with Gasteiger partial charge in [-0.3, -0.25) is 4.79 Å². The second kappa shape index (κ2) is 6.33. The highest BCUT2D eigenvalue weighted by molar-refractivity contribution is 9.10. The molecule has 1 heterocycles. The summed E-state index contributed by atoms with van der Waals surface area (Å²) in [7, 11) is 1.30. The molecule has 0 bridgehead atoms. The summed E-state index contributed by atoms with van der Waals surface area (Å²) in [5.41, 5.74) is 1.38. The number of nitrogens with one attached hydrogen (secondary N) is 1. The summed E-state index contributed by atoms with van der Waals surface area (Å²) >= 11 is 3.25. The molecule has 1 aromatic carbocycles. The summed E-state index contributed by atoms with van der Waals surface area (Å²) in [6.45, 7) is 0. The van der Waals surface area contributed by atoms with Crippen molar-refractivity contribution < 1.29 is 18.8 Å². The third-order valence-corrected chi connectivity index (χ3v) is 3.18. The Labute approximate surface area is 123 Å². The maximum absolute atomic E-state index is 11.8. The van der Waals surface area contributed by atoms with Crippen molar-refractivity contribution in [1.29, 1.82) is 0 Å². The molecule has 2 rings (SSSR count). The minimum absolute atomic E-state index is 0.0973. The number of hydrogen-bond donors (Lipinski definition) is 1. The Balaban J connectivity index is 2.09. The molecule has 0 aliphatic heterocycles. The number of amides is 1. The van der Waals surface area contributed by atoms with Crippen LogP contribution in [0.5, 0.6) is 0 Å². The molecule has 1 aromatic heterocycles. The van der Waals surface area contributed by atoms with E-state index in [4.69, 9.17) is 0 Å². The first kappa shape index (κ1) is 14.3. The van der Waals surface area contributed by atoms with Gasteiger partial charge in [-0.1, -0.05) is 5.16 Å². The predicted octanol–water partition coefficient (Wildman–Crippen LogP) is 2.40. The Kier molecular flexibility index (Phi) is 4.52. The van der Waals surface area contributed by atoms with Gasteiger partial charge in [0.15, 0.2) is 0 Å². The van der Waals surface area contributed by atoms with E-state index in [-0.39, 0.29) is 12.3 Å². The molecular formula is C13H11BrN2O4. The van der Waals surface area contributed by atoms with E-state index in [1.807, 2.05) is 0 Å². The molecule has 0 atom stereocenters. The van der Waals surface area contributed by atoms with Crippen molar-refractivity contribution in [3.63, 3.8) is 0 Å². The van der Waals surface area contributed by atoms with Gasteiger partial charge in [-0.2, -0.15) is 0 Å². The van der Waals surface area contributed by atoms with E-state index in [0.717, 1.165) is 0 Å². The van der Waals surface area contributed by atoms with Gasteiger partial charge < -0.3 is 14.6 Å². The smallest absolute Gasteiger partial charge is 0.339 e. The topological polar surface area (TPSA) is 81.4 Å². The zero-order chi connectivity index (χ0) is 14.5. The zero-order valence-corrected chi connectivity index (χ0v) is 12.1. The number of hydrogen-bond acceptors (Lipinski definition) is 5. The summed E-state index contributed by atoms with van der Waals surface area (Å²) < 4.78 is 9.90. The second-order valence-electron chi connectivity index (χ2n) is 3.90. The standard InChI is InChI=1S/C13H11BrN2O4/c1-19-13(18)10-6-8(2-3-11(10)14)15-12(17)7-9-4-5-20-16-9/h2-6H,7H2,1H3,(H,15,17). The van der Waals surface area contributed by atoms with Crippen molar-refractivity contribution in [3.05, 3.63) is 46.3 Å². The zero-order valence-electron chi connectivity index (χ0n) is 10.6. The number of methoxy groups -OCH3 is 1. The van der Waals surface area contributed by atoms with Crippen molar-refractivity contribution in [1.82, 2.24) is 5.16 Å². The SMILES string of the molecule is COC(=O)c1cc(NC(=O)Cc2ccon2)ccc1Br. The van der Waals surface area contributed by atoms with Crippen LogP contribution in [0.4, 0.5) is 5.69 Å². The van der Waals surface area contributed by atoms with Gasteiger partial charge in [-0.05, 0) is 34.1 Å².